The minimum absolute atomic E-state index is 0.0188. The molecule has 0 bridgehead atoms. The smallest absolute Gasteiger partial charge is 0.305 e. The molecule has 2 unspecified atom stereocenters. The van der Waals surface area contributed by atoms with Gasteiger partial charge < -0.3 is 20.3 Å². The molecule has 6 nitrogen and oxygen atoms in total. The fourth-order valence-electron chi connectivity index (χ4n) is 11.8. The first-order chi connectivity index (χ1) is 39.0. The van der Waals surface area contributed by atoms with Gasteiger partial charge in [-0.15, -0.1) is 0 Å². The van der Waals surface area contributed by atoms with Crippen LogP contribution in [0.2, 0.25) is 0 Å². The average Bonchev–Trinajstić information content (AvgIpc) is 3.45. The van der Waals surface area contributed by atoms with Crippen molar-refractivity contribution in [2.24, 2.45) is 0 Å². The highest BCUT2D eigenvalue weighted by Gasteiger charge is 2.18. The molecule has 0 heterocycles. The Morgan fingerprint density at radius 1 is 0.342 bits per heavy atom. The van der Waals surface area contributed by atoms with Crippen molar-refractivity contribution in [2.45, 2.75) is 431 Å². The summed E-state index contributed by atoms with van der Waals surface area (Å²) in [5.74, 6) is -0.0445. The topological polar surface area (TPSA) is 95.9 Å². The normalized spacial score (nSPS) is 12.5. The maximum atomic E-state index is 12.5. The minimum Gasteiger partial charge on any atom is -0.466 e. The molecule has 0 aromatic carbocycles. The summed E-state index contributed by atoms with van der Waals surface area (Å²) < 4.78 is 5.51. The summed E-state index contributed by atoms with van der Waals surface area (Å²) in [5, 5.41) is 23.3. The van der Waals surface area contributed by atoms with Gasteiger partial charge in [-0.05, 0) is 32.1 Å². The number of hydrogen-bond donors (Lipinski definition) is 3. The number of unbranched alkanes of at least 4 members (excludes halogenated alkanes) is 58. The van der Waals surface area contributed by atoms with Gasteiger partial charge in [0.25, 0.3) is 0 Å². The van der Waals surface area contributed by atoms with Crippen LogP contribution in [0.25, 0.3) is 0 Å². The van der Waals surface area contributed by atoms with Gasteiger partial charge in [0, 0.05) is 12.8 Å². The maximum Gasteiger partial charge on any atom is 0.305 e. The van der Waals surface area contributed by atoms with Crippen LogP contribution in [0.5, 0.6) is 0 Å². The molecule has 2 atom stereocenters. The summed E-state index contributed by atoms with van der Waals surface area (Å²) in [5.41, 5.74) is 0. The Morgan fingerprint density at radius 2 is 0.582 bits per heavy atom. The molecule has 0 saturated heterocycles. The number of hydrogen-bond acceptors (Lipinski definition) is 5. The molecule has 1 amide bonds. The van der Waals surface area contributed by atoms with E-state index in [9.17, 15) is 19.8 Å². The van der Waals surface area contributed by atoms with Crippen molar-refractivity contribution in [2.75, 3.05) is 13.2 Å². The standard InChI is InChI=1S/C73H143NO5/c1-3-5-7-9-11-13-15-17-19-21-23-26-30-33-37-41-45-49-53-57-61-65-71(76)70(69-75)74-72(77)66-62-58-54-50-46-42-38-34-31-27-24-25-28-32-36-40-44-48-52-56-60-64-68-79-73(78)67-63-59-55-51-47-43-39-35-29-22-20-18-16-14-12-10-8-6-4-2/h61,65,70-71,75-76H,3-60,62-64,66-69H2,1-2H3,(H,74,77)/b65-61+. The first kappa shape index (κ1) is 77.6. The van der Waals surface area contributed by atoms with Crippen LogP contribution in [-0.4, -0.2) is 47.4 Å². The van der Waals surface area contributed by atoms with Crippen LogP contribution >= 0.6 is 0 Å². The SMILES string of the molecule is CCCCCCCCCCCCCCCCCCCCC/C=C/C(O)C(CO)NC(=O)CCCCCCCCCCCCCCCCCCCCCCCCOC(=O)CCCCCCCCCCCCCCCCCCCCC. The zero-order chi connectivity index (χ0) is 57.1. The third-order valence-electron chi connectivity index (χ3n) is 17.3. The van der Waals surface area contributed by atoms with E-state index in [2.05, 4.69) is 19.2 Å². The zero-order valence-electron chi connectivity index (χ0n) is 53.9. The molecule has 6 heteroatoms. The van der Waals surface area contributed by atoms with Crippen molar-refractivity contribution in [1.82, 2.24) is 5.32 Å². The molecule has 0 spiro atoms. The molecular formula is C73H143NO5. The molecule has 470 valence electrons. The highest BCUT2D eigenvalue weighted by Crippen LogP contribution is 2.19. The van der Waals surface area contributed by atoms with E-state index >= 15 is 0 Å². The van der Waals surface area contributed by atoms with E-state index in [4.69, 9.17) is 4.74 Å². The second-order valence-electron chi connectivity index (χ2n) is 25.3. The number of nitrogens with one attached hydrogen (secondary N) is 1. The van der Waals surface area contributed by atoms with Crippen LogP contribution in [0.1, 0.15) is 418 Å². The van der Waals surface area contributed by atoms with Gasteiger partial charge in [0.2, 0.25) is 5.91 Å². The predicted octanol–water partition coefficient (Wildman–Crippen LogP) is 23.5. The van der Waals surface area contributed by atoms with Crippen molar-refractivity contribution in [3.05, 3.63) is 12.2 Å². The van der Waals surface area contributed by atoms with E-state index in [1.807, 2.05) is 6.08 Å². The first-order valence-corrected chi connectivity index (χ1v) is 36.5. The van der Waals surface area contributed by atoms with E-state index in [-0.39, 0.29) is 18.5 Å². The molecule has 0 aromatic rings. The Balaban J connectivity index is 3.38. The Kier molecular flexibility index (Phi) is 67.9. The molecule has 0 rings (SSSR count). The number of allylic oxidation sites excluding steroid dienone is 1. The summed E-state index contributed by atoms with van der Waals surface area (Å²) in [6, 6.07) is -0.628. The monoisotopic (exact) mass is 1110 g/mol. The Hall–Kier alpha value is -1.40. The van der Waals surface area contributed by atoms with Gasteiger partial charge in [-0.1, -0.05) is 386 Å². The van der Waals surface area contributed by atoms with E-state index in [1.165, 1.54) is 353 Å². The van der Waals surface area contributed by atoms with E-state index in [0.717, 1.165) is 38.5 Å². The number of carbonyl (C=O) groups is 2. The summed E-state index contributed by atoms with van der Waals surface area (Å²) >= 11 is 0. The number of aliphatic hydroxyl groups is 2. The third-order valence-corrected chi connectivity index (χ3v) is 17.3. The van der Waals surface area contributed by atoms with Crippen molar-refractivity contribution in [3.63, 3.8) is 0 Å². The lowest BCUT2D eigenvalue weighted by Crippen LogP contribution is -2.45. The van der Waals surface area contributed by atoms with Crippen LogP contribution in [-0.2, 0) is 14.3 Å². The predicted molar refractivity (Wildman–Crippen MR) is 347 cm³/mol. The summed E-state index contributed by atoms with van der Waals surface area (Å²) in [6.07, 6.45) is 85.8. The number of ether oxygens (including phenoxy) is 1. The molecule has 0 aliphatic heterocycles. The van der Waals surface area contributed by atoms with Crippen LogP contribution in [0.4, 0.5) is 0 Å². The maximum absolute atomic E-state index is 12.5. The van der Waals surface area contributed by atoms with Crippen LogP contribution in [0, 0.1) is 0 Å². The molecular weight excluding hydrogens is 971 g/mol. The largest absolute Gasteiger partial charge is 0.466 e. The lowest BCUT2D eigenvalue weighted by atomic mass is 10.0. The fraction of sp³-hybridized carbons (Fsp3) is 0.945. The minimum atomic E-state index is -0.845. The number of rotatable bonds is 69. The van der Waals surface area contributed by atoms with E-state index < -0.39 is 12.1 Å². The van der Waals surface area contributed by atoms with Crippen LogP contribution in [0.15, 0.2) is 12.2 Å². The lowest BCUT2D eigenvalue weighted by Gasteiger charge is -2.20. The number of amides is 1. The fourth-order valence-corrected chi connectivity index (χ4v) is 11.8. The van der Waals surface area contributed by atoms with E-state index in [0.29, 0.717) is 19.4 Å². The Morgan fingerprint density at radius 3 is 0.861 bits per heavy atom. The second-order valence-corrected chi connectivity index (χ2v) is 25.3. The molecule has 0 aliphatic carbocycles. The van der Waals surface area contributed by atoms with Gasteiger partial charge in [-0.25, -0.2) is 0 Å². The van der Waals surface area contributed by atoms with Crippen LogP contribution in [0.3, 0.4) is 0 Å². The highest BCUT2D eigenvalue weighted by atomic mass is 16.5. The van der Waals surface area contributed by atoms with E-state index in [1.54, 1.807) is 6.08 Å². The van der Waals surface area contributed by atoms with Crippen molar-refractivity contribution in [1.29, 1.82) is 0 Å². The molecule has 3 N–H and O–H groups in total. The number of esters is 1. The van der Waals surface area contributed by atoms with Crippen molar-refractivity contribution in [3.8, 4) is 0 Å². The summed E-state index contributed by atoms with van der Waals surface area (Å²) in [6.45, 7) is 4.96. The van der Waals surface area contributed by atoms with Gasteiger partial charge in [-0.2, -0.15) is 0 Å². The number of aliphatic hydroxyl groups excluding tert-OH is 2. The molecule has 0 saturated carbocycles. The second kappa shape index (κ2) is 69.1. The Labute approximate surface area is 495 Å². The molecule has 0 fully saturated rings. The summed E-state index contributed by atoms with van der Waals surface area (Å²) in [4.78, 5) is 24.7. The van der Waals surface area contributed by atoms with Crippen LogP contribution < -0.4 is 5.32 Å². The Bertz CT molecular complexity index is 1190. The van der Waals surface area contributed by atoms with Gasteiger partial charge in [-0.3, -0.25) is 9.59 Å². The molecule has 0 aliphatic rings. The highest BCUT2D eigenvalue weighted by molar-refractivity contribution is 5.76. The van der Waals surface area contributed by atoms with Gasteiger partial charge >= 0.3 is 5.97 Å². The summed E-state index contributed by atoms with van der Waals surface area (Å²) in [7, 11) is 0. The zero-order valence-corrected chi connectivity index (χ0v) is 53.9. The van der Waals surface area contributed by atoms with Gasteiger partial charge in [0.1, 0.15) is 0 Å². The van der Waals surface area contributed by atoms with Gasteiger partial charge in [0.15, 0.2) is 0 Å². The number of carbonyl (C=O) groups excluding carboxylic acids is 2. The van der Waals surface area contributed by atoms with Crippen molar-refractivity contribution < 1.29 is 24.5 Å². The quantitative estimate of drug-likeness (QED) is 0.0320. The molecule has 79 heavy (non-hydrogen) atoms. The average molecular weight is 1110 g/mol. The van der Waals surface area contributed by atoms with Crippen molar-refractivity contribution >= 4 is 11.9 Å². The third kappa shape index (κ3) is 65.6. The molecule has 0 radical (unpaired) electrons. The first-order valence-electron chi connectivity index (χ1n) is 36.5. The molecule has 0 aromatic heterocycles. The van der Waals surface area contributed by atoms with Gasteiger partial charge in [0.05, 0.1) is 25.4 Å². The lowest BCUT2D eigenvalue weighted by molar-refractivity contribution is -0.143.